The molecular weight excluding hydrogens is 452 g/mol. The molecule has 184 valence electrons. The van der Waals surface area contributed by atoms with Gasteiger partial charge in [0.2, 0.25) is 0 Å². The number of aliphatic carboxylic acids is 2. The molecular formula is C27H40O4S2. The molecule has 2 aromatic rings. The van der Waals surface area contributed by atoms with Gasteiger partial charge < -0.3 is 10.2 Å². The first-order chi connectivity index (χ1) is 15.5. The van der Waals surface area contributed by atoms with Gasteiger partial charge in [0, 0.05) is 19.5 Å². The standard InChI is InChI=1S/C27H40O4S2/c1-26(2,24(28)29)18-7-5-10-20-14-16-22(32-20)12-9-13-23-17-15-21(33-23)11-6-8-19-27(3,4)25(30)31/h14-17H,5-13,18-19H2,1-4H3,(H,28,29)(H,30,31). The molecule has 0 aliphatic rings. The fourth-order valence-corrected chi connectivity index (χ4v) is 5.97. The zero-order chi connectivity index (χ0) is 24.5. The van der Waals surface area contributed by atoms with Gasteiger partial charge in [-0.3, -0.25) is 9.59 Å². The number of carboxylic acids is 2. The van der Waals surface area contributed by atoms with Crippen LogP contribution in [0, 0.1) is 10.8 Å². The van der Waals surface area contributed by atoms with Crippen LogP contribution < -0.4 is 0 Å². The maximum absolute atomic E-state index is 11.2. The number of carbonyl (C=O) groups is 2. The summed E-state index contributed by atoms with van der Waals surface area (Å²) in [4.78, 5) is 28.1. The second-order valence-corrected chi connectivity index (χ2v) is 12.9. The zero-order valence-corrected chi connectivity index (χ0v) is 22.2. The highest BCUT2D eigenvalue weighted by atomic mass is 32.1. The molecule has 0 saturated carbocycles. The van der Waals surface area contributed by atoms with Crippen LogP contribution in [-0.2, 0) is 35.3 Å². The van der Waals surface area contributed by atoms with Crippen molar-refractivity contribution in [3.63, 3.8) is 0 Å². The zero-order valence-electron chi connectivity index (χ0n) is 20.6. The van der Waals surface area contributed by atoms with Crippen LogP contribution in [0.5, 0.6) is 0 Å². The summed E-state index contributed by atoms with van der Waals surface area (Å²) < 4.78 is 0. The third-order valence-corrected chi connectivity index (χ3v) is 8.80. The molecule has 2 rings (SSSR count). The van der Waals surface area contributed by atoms with Crippen LogP contribution in [0.1, 0.15) is 92.1 Å². The van der Waals surface area contributed by atoms with E-state index in [2.05, 4.69) is 24.3 Å². The molecule has 0 saturated heterocycles. The Labute approximate surface area is 207 Å². The van der Waals surface area contributed by atoms with E-state index in [4.69, 9.17) is 0 Å². The molecule has 0 aliphatic heterocycles. The number of hydrogen-bond donors (Lipinski definition) is 2. The Morgan fingerprint density at radius 1 is 0.606 bits per heavy atom. The molecule has 33 heavy (non-hydrogen) atoms. The summed E-state index contributed by atoms with van der Waals surface area (Å²) in [6.07, 6.45) is 10.9. The lowest BCUT2D eigenvalue weighted by Crippen LogP contribution is -2.23. The average Bonchev–Trinajstić information content (AvgIpc) is 3.38. The van der Waals surface area contributed by atoms with Crippen molar-refractivity contribution in [2.24, 2.45) is 10.8 Å². The van der Waals surface area contributed by atoms with Crippen LogP contribution >= 0.6 is 22.7 Å². The summed E-state index contributed by atoms with van der Waals surface area (Å²) in [5.41, 5.74) is -1.25. The van der Waals surface area contributed by atoms with Gasteiger partial charge in [0.1, 0.15) is 0 Å². The topological polar surface area (TPSA) is 74.6 Å². The molecule has 2 N–H and O–H groups in total. The molecule has 0 aromatic carbocycles. The van der Waals surface area contributed by atoms with Crippen LogP contribution in [0.2, 0.25) is 0 Å². The Kier molecular flexibility index (Phi) is 10.6. The predicted molar refractivity (Wildman–Crippen MR) is 139 cm³/mol. The van der Waals surface area contributed by atoms with E-state index in [1.165, 1.54) is 19.5 Å². The van der Waals surface area contributed by atoms with Gasteiger partial charge >= 0.3 is 11.9 Å². The SMILES string of the molecule is CC(C)(CCCCc1ccc(CCCc2ccc(CCCCC(C)(C)C(=O)O)s2)s1)C(=O)O. The Morgan fingerprint density at radius 3 is 1.21 bits per heavy atom. The summed E-state index contributed by atoms with van der Waals surface area (Å²) in [5.74, 6) is -1.42. The first-order valence-corrected chi connectivity index (χ1v) is 13.7. The minimum absolute atomic E-state index is 0.625. The van der Waals surface area contributed by atoms with E-state index in [1.54, 1.807) is 27.7 Å². The Hall–Kier alpha value is -1.66. The van der Waals surface area contributed by atoms with E-state index in [1.807, 2.05) is 22.7 Å². The Morgan fingerprint density at radius 2 is 0.909 bits per heavy atom. The summed E-state index contributed by atoms with van der Waals surface area (Å²) in [6.45, 7) is 7.22. The van der Waals surface area contributed by atoms with E-state index in [-0.39, 0.29) is 0 Å². The molecule has 0 radical (unpaired) electrons. The summed E-state index contributed by atoms with van der Waals surface area (Å²) in [5, 5.41) is 18.4. The third-order valence-electron chi connectivity index (χ3n) is 6.39. The molecule has 0 fully saturated rings. The van der Waals surface area contributed by atoms with Crippen LogP contribution in [0.3, 0.4) is 0 Å². The maximum atomic E-state index is 11.2. The first-order valence-electron chi connectivity index (χ1n) is 12.1. The van der Waals surface area contributed by atoms with Gasteiger partial charge in [-0.1, -0.05) is 12.8 Å². The van der Waals surface area contributed by atoms with Gasteiger partial charge in [0.05, 0.1) is 10.8 Å². The second-order valence-electron chi connectivity index (χ2n) is 10.4. The normalized spacial score (nSPS) is 12.2. The Bertz CT molecular complexity index is 819. The van der Waals surface area contributed by atoms with Crippen LogP contribution in [-0.4, -0.2) is 22.2 Å². The van der Waals surface area contributed by atoms with Crippen LogP contribution in [0.15, 0.2) is 24.3 Å². The van der Waals surface area contributed by atoms with Crippen molar-refractivity contribution in [1.82, 2.24) is 0 Å². The largest absolute Gasteiger partial charge is 0.481 e. The van der Waals surface area contributed by atoms with Gasteiger partial charge in [-0.2, -0.15) is 0 Å². The van der Waals surface area contributed by atoms with Gasteiger partial charge in [-0.15, -0.1) is 22.7 Å². The highest BCUT2D eigenvalue weighted by Gasteiger charge is 2.26. The lowest BCUT2D eigenvalue weighted by molar-refractivity contribution is -0.148. The van der Waals surface area contributed by atoms with E-state index in [9.17, 15) is 19.8 Å². The van der Waals surface area contributed by atoms with E-state index in [0.29, 0.717) is 0 Å². The number of carboxylic acid groups (broad SMARTS) is 2. The minimum Gasteiger partial charge on any atom is -0.481 e. The molecule has 0 unspecified atom stereocenters. The number of rotatable bonds is 16. The predicted octanol–water partition coefficient (Wildman–Crippen LogP) is 7.63. The van der Waals surface area contributed by atoms with Crippen molar-refractivity contribution in [3.05, 3.63) is 43.8 Å². The van der Waals surface area contributed by atoms with Crippen molar-refractivity contribution in [3.8, 4) is 0 Å². The van der Waals surface area contributed by atoms with E-state index >= 15 is 0 Å². The van der Waals surface area contributed by atoms with E-state index < -0.39 is 22.8 Å². The monoisotopic (exact) mass is 492 g/mol. The fraction of sp³-hybridized carbons (Fsp3) is 0.630. The molecule has 6 heteroatoms. The van der Waals surface area contributed by atoms with Crippen molar-refractivity contribution < 1.29 is 19.8 Å². The first kappa shape index (κ1) is 27.6. The number of thiophene rings is 2. The smallest absolute Gasteiger partial charge is 0.309 e. The number of unbranched alkanes of at least 4 members (excludes halogenated alkanes) is 2. The molecule has 0 amide bonds. The van der Waals surface area contributed by atoms with Crippen molar-refractivity contribution >= 4 is 34.6 Å². The quantitative estimate of drug-likeness (QED) is 0.236. The minimum atomic E-state index is -0.710. The maximum Gasteiger partial charge on any atom is 0.309 e. The lowest BCUT2D eigenvalue weighted by Gasteiger charge is -2.18. The summed E-state index contributed by atoms with van der Waals surface area (Å²) >= 11 is 3.80. The molecule has 2 heterocycles. The van der Waals surface area contributed by atoms with Gasteiger partial charge in [-0.25, -0.2) is 0 Å². The van der Waals surface area contributed by atoms with Crippen molar-refractivity contribution in [2.75, 3.05) is 0 Å². The molecule has 0 bridgehead atoms. The molecule has 2 aromatic heterocycles. The molecule has 0 aliphatic carbocycles. The highest BCUT2D eigenvalue weighted by Crippen LogP contribution is 2.27. The molecule has 0 spiro atoms. The summed E-state index contributed by atoms with van der Waals surface area (Å²) in [6, 6.07) is 8.97. The Balaban J connectivity index is 1.63. The lowest BCUT2D eigenvalue weighted by atomic mass is 9.87. The van der Waals surface area contributed by atoms with Crippen LogP contribution in [0.4, 0.5) is 0 Å². The van der Waals surface area contributed by atoms with E-state index in [0.717, 1.165) is 70.6 Å². The van der Waals surface area contributed by atoms with Crippen molar-refractivity contribution in [2.45, 2.75) is 98.3 Å². The van der Waals surface area contributed by atoms with Gasteiger partial charge in [-0.05, 0) is 110 Å². The van der Waals surface area contributed by atoms with Crippen LogP contribution in [0.25, 0.3) is 0 Å². The molecule has 0 atom stereocenters. The van der Waals surface area contributed by atoms with Gasteiger partial charge in [0.25, 0.3) is 0 Å². The molecule has 4 nitrogen and oxygen atoms in total. The number of aryl methyl sites for hydroxylation is 4. The second kappa shape index (κ2) is 12.7. The summed E-state index contributed by atoms with van der Waals surface area (Å²) in [7, 11) is 0. The van der Waals surface area contributed by atoms with Crippen molar-refractivity contribution in [1.29, 1.82) is 0 Å². The highest BCUT2D eigenvalue weighted by molar-refractivity contribution is 7.12. The third kappa shape index (κ3) is 9.62. The number of hydrogen-bond acceptors (Lipinski definition) is 4. The fourth-order valence-electron chi connectivity index (χ4n) is 3.77. The average molecular weight is 493 g/mol. The van der Waals surface area contributed by atoms with Gasteiger partial charge in [0.15, 0.2) is 0 Å².